The first-order chi connectivity index (χ1) is 8.46. The molecule has 1 aliphatic heterocycles. The minimum Gasteiger partial charge on any atom is -0.391 e. The van der Waals surface area contributed by atoms with Gasteiger partial charge in [-0.15, -0.1) is 0 Å². The fraction of sp³-hybridized carbons (Fsp3) is 0.538. The standard InChI is InChI=1S/C13H20O4Si/c1-4-11-5-7-12(8-6-11)18(15)16-10(3)13(17-18)9(2)14/h5-10,13-15H,4H2,1-3H3. The lowest BCUT2D eigenvalue weighted by atomic mass is 10.1. The van der Waals surface area contributed by atoms with Gasteiger partial charge in [0.2, 0.25) is 0 Å². The number of hydrogen-bond acceptors (Lipinski definition) is 4. The molecule has 4 unspecified atom stereocenters. The summed E-state index contributed by atoms with van der Waals surface area (Å²) in [4.78, 5) is 10.5. The number of hydrogen-bond donors (Lipinski definition) is 2. The topological polar surface area (TPSA) is 58.9 Å². The summed E-state index contributed by atoms with van der Waals surface area (Å²) < 4.78 is 11.2. The summed E-state index contributed by atoms with van der Waals surface area (Å²) in [6.45, 7) is 5.53. The average Bonchev–Trinajstić information content (AvgIpc) is 2.66. The normalized spacial score (nSPS) is 33.6. The van der Waals surface area contributed by atoms with E-state index >= 15 is 0 Å². The molecule has 0 bridgehead atoms. The Morgan fingerprint density at radius 1 is 1.28 bits per heavy atom. The SMILES string of the molecule is CCc1ccc([Si]2(O)OC(C)C(C(C)O)O2)cc1. The van der Waals surface area contributed by atoms with Crippen molar-refractivity contribution in [3.63, 3.8) is 0 Å². The maximum absolute atomic E-state index is 10.5. The second kappa shape index (κ2) is 5.11. The molecule has 1 heterocycles. The summed E-state index contributed by atoms with van der Waals surface area (Å²) in [6, 6.07) is 7.63. The van der Waals surface area contributed by atoms with Crippen molar-refractivity contribution in [1.82, 2.24) is 0 Å². The largest absolute Gasteiger partial charge is 0.535 e. The van der Waals surface area contributed by atoms with Crippen LogP contribution >= 0.6 is 0 Å². The van der Waals surface area contributed by atoms with E-state index < -0.39 is 21.0 Å². The summed E-state index contributed by atoms with van der Waals surface area (Å²) in [5.74, 6) is 0. The van der Waals surface area contributed by atoms with Gasteiger partial charge in [-0.3, -0.25) is 0 Å². The Bertz CT molecular complexity index is 406. The van der Waals surface area contributed by atoms with Crippen LogP contribution in [-0.2, 0) is 15.3 Å². The maximum atomic E-state index is 10.5. The first kappa shape index (κ1) is 13.7. The fourth-order valence-electron chi connectivity index (χ4n) is 2.20. The maximum Gasteiger partial charge on any atom is 0.535 e. The predicted octanol–water partition coefficient (Wildman–Crippen LogP) is 0.572. The van der Waals surface area contributed by atoms with Crippen LogP contribution in [0.1, 0.15) is 26.3 Å². The van der Waals surface area contributed by atoms with E-state index in [2.05, 4.69) is 6.92 Å². The van der Waals surface area contributed by atoms with Gasteiger partial charge in [-0.1, -0.05) is 31.2 Å². The van der Waals surface area contributed by atoms with Crippen molar-refractivity contribution in [3.8, 4) is 0 Å². The lowest BCUT2D eigenvalue weighted by molar-refractivity contribution is 0.0327. The Balaban J connectivity index is 2.21. The first-order valence-electron chi connectivity index (χ1n) is 6.31. The quantitative estimate of drug-likeness (QED) is 0.787. The number of aliphatic hydroxyl groups is 1. The molecule has 5 heteroatoms. The molecular formula is C13H20O4Si. The van der Waals surface area contributed by atoms with Crippen LogP contribution in [0.25, 0.3) is 0 Å². The van der Waals surface area contributed by atoms with Crippen LogP contribution in [0.3, 0.4) is 0 Å². The van der Waals surface area contributed by atoms with Gasteiger partial charge in [0, 0.05) is 5.19 Å². The third-order valence-corrected chi connectivity index (χ3v) is 5.65. The van der Waals surface area contributed by atoms with Gasteiger partial charge in [0.1, 0.15) is 6.10 Å². The first-order valence-corrected chi connectivity index (χ1v) is 8.08. The molecule has 4 atom stereocenters. The Labute approximate surface area is 109 Å². The predicted molar refractivity (Wildman–Crippen MR) is 70.5 cm³/mol. The van der Waals surface area contributed by atoms with Gasteiger partial charge < -0.3 is 18.8 Å². The van der Waals surface area contributed by atoms with Crippen LogP contribution < -0.4 is 5.19 Å². The van der Waals surface area contributed by atoms with Crippen LogP contribution in [0.15, 0.2) is 24.3 Å². The van der Waals surface area contributed by atoms with Crippen molar-refractivity contribution in [3.05, 3.63) is 29.8 Å². The monoisotopic (exact) mass is 268 g/mol. The molecular weight excluding hydrogens is 248 g/mol. The highest BCUT2D eigenvalue weighted by Gasteiger charge is 2.52. The molecule has 18 heavy (non-hydrogen) atoms. The molecule has 0 aliphatic carbocycles. The van der Waals surface area contributed by atoms with Gasteiger partial charge in [-0.25, -0.2) is 0 Å². The van der Waals surface area contributed by atoms with E-state index in [0.29, 0.717) is 5.19 Å². The number of aliphatic hydroxyl groups excluding tert-OH is 1. The Kier molecular flexibility index (Phi) is 3.89. The summed E-state index contributed by atoms with van der Waals surface area (Å²) in [5.41, 5.74) is 1.20. The fourth-order valence-corrected chi connectivity index (χ4v) is 4.52. The molecule has 1 fully saturated rings. The van der Waals surface area contributed by atoms with E-state index in [4.69, 9.17) is 8.85 Å². The van der Waals surface area contributed by atoms with Crippen molar-refractivity contribution >= 4 is 14.0 Å². The highest BCUT2D eigenvalue weighted by molar-refractivity contribution is 6.74. The molecule has 1 saturated heterocycles. The molecule has 2 N–H and O–H groups in total. The lowest BCUT2D eigenvalue weighted by Crippen LogP contribution is -2.51. The smallest absolute Gasteiger partial charge is 0.391 e. The molecule has 1 aromatic rings. The van der Waals surface area contributed by atoms with Crippen molar-refractivity contribution < 1.29 is 18.8 Å². The van der Waals surface area contributed by atoms with Gasteiger partial charge in [-0.2, -0.15) is 0 Å². The van der Waals surface area contributed by atoms with Gasteiger partial charge in [0.15, 0.2) is 0 Å². The molecule has 100 valence electrons. The van der Waals surface area contributed by atoms with Gasteiger partial charge in [0.25, 0.3) is 0 Å². The minimum absolute atomic E-state index is 0.299. The third kappa shape index (κ3) is 2.50. The zero-order valence-electron chi connectivity index (χ0n) is 11.0. The van der Waals surface area contributed by atoms with Crippen molar-refractivity contribution in [2.45, 2.75) is 45.5 Å². The van der Waals surface area contributed by atoms with E-state index in [1.807, 2.05) is 31.2 Å². The number of benzene rings is 1. The van der Waals surface area contributed by atoms with E-state index in [9.17, 15) is 9.90 Å². The average molecular weight is 268 g/mol. The van der Waals surface area contributed by atoms with Crippen LogP contribution in [0.4, 0.5) is 0 Å². The number of rotatable bonds is 3. The van der Waals surface area contributed by atoms with Crippen LogP contribution in [0, 0.1) is 0 Å². The highest BCUT2D eigenvalue weighted by atomic mass is 28.4. The van der Waals surface area contributed by atoms with Crippen LogP contribution in [-0.4, -0.2) is 37.0 Å². The van der Waals surface area contributed by atoms with E-state index in [-0.39, 0.29) is 6.10 Å². The van der Waals surface area contributed by atoms with Crippen LogP contribution in [0.5, 0.6) is 0 Å². The zero-order chi connectivity index (χ0) is 13.3. The summed E-state index contributed by atoms with van der Waals surface area (Å²) in [5, 5.41) is 10.3. The van der Waals surface area contributed by atoms with Crippen molar-refractivity contribution in [2.75, 3.05) is 0 Å². The molecule has 0 saturated carbocycles. The summed E-state index contributed by atoms with van der Waals surface area (Å²) >= 11 is 0. The third-order valence-electron chi connectivity index (χ3n) is 3.31. The molecule has 1 aliphatic rings. The Morgan fingerprint density at radius 2 is 1.89 bits per heavy atom. The zero-order valence-corrected chi connectivity index (χ0v) is 12.0. The molecule has 0 amide bonds. The summed E-state index contributed by atoms with van der Waals surface area (Å²) in [6.07, 6.45) is -0.467. The molecule has 0 radical (unpaired) electrons. The minimum atomic E-state index is -3.35. The Morgan fingerprint density at radius 3 is 2.33 bits per heavy atom. The lowest BCUT2D eigenvalue weighted by Gasteiger charge is -2.18. The van der Waals surface area contributed by atoms with Crippen LogP contribution in [0.2, 0.25) is 0 Å². The summed E-state index contributed by atoms with van der Waals surface area (Å²) in [7, 11) is -3.35. The molecule has 1 aromatic carbocycles. The number of aryl methyl sites for hydroxylation is 1. The molecule has 0 aromatic heterocycles. The molecule has 2 rings (SSSR count). The van der Waals surface area contributed by atoms with Gasteiger partial charge in [0.05, 0.1) is 12.2 Å². The highest BCUT2D eigenvalue weighted by Crippen LogP contribution is 2.25. The molecule has 0 spiro atoms. The van der Waals surface area contributed by atoms with Gasteiger partial charge >= 0.3 is 8.80 Å². The van der Waals surface area contributed by atoms with E-state index in [0.717, 1.165) is 6.42 Å². The second-order valence-corrected chi connectivity index (χ2v) is 6.99. The van der Waals surface area contributed by atoms with Crippen molar-refractivity contribution in [1.29, 1.82) is 0 Å². The van der Waals surface area contributed by atoms with E-state index in [1.165, 1.54) is 5.56 Å². The molecule has 4 nitrogen and oxygen atoms in total. The Hall–Kier alpha value is -0.723. The second-order valence-electron chi connectivity index (χ2n) is 4.78. The van der Waals surface area contributed by atoms with Crippen molar-refractivity contribution in [2.24, 2.45) is 0 Å². The van der Waals surface area contributed by atoms with E-state index in [1.54, 1.807) is 6.92 Å². The van der Waals surface area contributed by atoms with Gasteiger partial charge in [-0.05, 0) is 25.8 Å².